The number of rotatable bonds is 7. The summed E-state index contributed by atoms with van der Waals surface area (Å²) in [6.45, 7) is 2.05. The second kappa shape index (κ2) is 6.54. The molecule has 0 radical (unpaired) electrons. The number of aromatic amines is 1. The largest absolute Gasteiger partial charge is 0.395 e. The van der Waals surface area contributed by atoms with Crippen molar-refractivity contribution in [2.45, 2.75) is 49.1 Å². The maximum absolute atomic E-state index is 11.6. The van der Waals surface area contributed by atoms with Crippen molar-refractivity contribution in [1.82, 2.24) is 9.97 Å². The number of thioether (sulfide) groups is 1. The van der Waals surface area contributed by atoms with Crippen LogP contribution in [0, 0.1) is 5.92 Å². The molecule has 0 amide bonds. The third kappa shape index (κ3) is 4.06. The standard InChI is InChI=1S/C13H21N3O2S/c1-2-3-9-6-11(18)16-13(15-9)19-10(7-17)12(14)8-4-5-8/h6,8,10,12,17H,2-5,7,14H2,1H3,(H,15,16,18). The van der Waals surface area contributed by atoms with Gasteiger partial charge in [0.1, 0.15) is 0 Å². The molecule has 2 atom stereocenters. The summed E-state index contributed by atoms with van der Waals surface area (Å²) in [6.07, 6.45) is 4.01. The zero-order chi connectivity index (χ0) is 13.8. The Morgan fingerprint density at radius 1 is 1.63 bits per heavy atom. The molecular weight excluding hydrogens is 262 g/mol. The summed E-state index contributed by atoms with van der Waals surface area (Å²) in [4.78, 5) is 18.7. The van der Waals surface area contributed by atoms with Crippen molar-refractivity contribution in [3.05, 3.63) is 22.1 Å². The predicted molar refractivity (Wildman–Crippen MR) is 76.3 cm³/mol. The SMILES string of the molecule is CCCc1cc(=O)[nH]c(SC(CO)C(N)C2CC2)n1. The van der Waals surface area contributed by atoms with Gasteiger partial charge in [-0.15, -0.1) is 0 Å². The summed E-state index contributed by atoms with van der Waals surface area (Å²) in [5, 5.41) is 9.91. The number of hydrogen-bond acceptors (Lipinski definition) is 5. The number of aromatic nitrogens is 2. The summed E-state index contributed by atoms with van der Waals surface area (Å²) < 4.78 is 0. The third-order valence-corrected chi connectivity index (χ3v) is 4.50. The highest BCUT2D eigenvalue weighted by Gasteiger charge is 2.34. The molecule has 1 saturated carbocycles. The van der Waals surface area contributed by atoms with Crippen molar-refractivity contribution < 1.29 is 5.11 Å². The average molecular weight is 283 g/mol. The summed E-state index contributed by atoms with van der Waals surface area (Å²) in [5.41, 5.74) is 6.77. The Morgan fingerprint density at radius 3 is 2.95 bits per heavy atom. The highest BCUT2D eigenvalue weighted by Crippen LogP contribution is 2.36. The molecule has 0 aliphatic heterocycles. The van der Waals surface area contributed by atoms with E-state index in [0.717, 1.165) is 31.4 Å². The lowest BCUT2D eigenvalue weighted by atomic mass is 10.1. The fourth-order valence-electron chi connectivity index (χ4n) is 2.09. The molecule has 0 bridgehead atoms. The molecule has 0 aromatic carbocycles. The van der Waals surface area contributed by atoms with Gasteiger partial charge in [0.15, 0.2) is 5.16 Å². The molecule has 1 aromatic heterocycles. The molecule has 1 aliphatic carbocycles. The van der Waals surface area contributed by atoms with Crippen LogP contribution in [-0.2, 0) is 6.42 Å². The quantitative estimate of drug-likeness (QED) is 0.511. The van der Waals surface area contributed by atoms with Crippen LogP contribution >= 0.6 is 11.8 Å². The number of nitrogens with zero attached hydrogens (tertiary/aromatic N) is 1. The number of nitrogens with one attached hydrogen (secondary N) is 1. The third-order valence-electron chi connectivity index (χ3n) is 3.32. The fraction of sp³-hybridized carbons (Fsp3) is 0.692. The lowest BCUT2D eigenvalue weighted by molar-refractivity contribution is 0.277. The maximum Gasteiger partial charge on any atom is 0.251 e. The van der Waals surface area contributed by atoms with Crippen LogP contribution < -0.4 is 11.3 Å². The van der Waals surface area contributed by atoms with Gasteiger partial charge in [-0.25, -0.2) is 4.98 Å². The van der Waals surface area contributed by atoms with Crippen LogP contribution in [0.4, 0.5) is 0 Å². The minimum absolute atomic E-state index is 0.00402. The van der Waals surface area contributed by atoms with Gasteiger partial charge < -0.3 is 15.8 Å². The van der Waals surface area contributed by atoms with E-state index >= 15 is 0 Å². The topological polar surface area (TPSA) is 92.0 Å². The number of H-pyrrole nitrogens is 1. The van der Waals surface area contributed by atoms with Crippen molar-refractivity contribution in [1.29, 1.82) is 0 Å². The van der Waals surface area contributed by atoms with Gasteiger partial charge in [0.25, 0.3) is 5.56 Å². The molecule has 106 valence electrons. The van der Waals surface area contributed by atoms with Crippen molar-refractivity contribution >= 4 is 11.8 Å². The summed E-state index contributed by atoms with van der Waals surface area (Å²) >= 11 is 1.38. The minimum Gasteiger partial charge on any atom is -0.395 e. The lowest BCUT2D eigenvalue weighted by Gasteiger charge is -2.20. The van der Waals surface area contributed by atoms with Gasteiger partial charge in [-0.2, -0.15) is 0 Å². The molecule has 1 aliphatic rings. The van der Waals surface area contributed by atoms with Crippen molar-refractivity contribution in [3.8, 4) is 0 Å². The molecule has 19 heavy (non-hydrogen) atoms. The van der Waals surface area contributed by atoms with E-state index in [1.165, 1.54) is 17.8 Å². The fourth-order valence-corrected chi connectivity index (χ4v) is 3.16. The van der Waals surface area contributed by atoms with Gasteiger partial charge in [-0.1, -0.05) is 25.1 Å². The second-order valence-corrected chi connectivity index (χ2v) is 6.27. The first-order chi connectivity index (χ1) is 9.13. The van der Waals surface area contributed by atoms with Crippen LogP contribution in [0.15, 0.2) is 16.0 Å². The van der Waals surface area contributed by atoms with E-state index in [9.17, 15) is 9.90 Å². The Morgan fingerprint density at radius 2 is 2.37 bits per heavy atom. The first kappa shape index (κ1) is 14.6. The van der Waals surface area contributed by atoms with E-state index in [1.807, 2.05) is 0 Å². The average Bonchev–Trinajstić information content (AvgIpc) is 3.19. The first-order valence-corrected chi connectivity index (χ1v) is 7.65. The Kier molecular flexibility index (Phi) is 5.01. The van der Waals surface area contributed by atoms with Crippen LogP contribution in [-0.4, -0.2) is 33.0 Å². The smallest absolute Gasteiger partial charge is 0.251 e. The molecule has 6 heteroatoms. The zero-order valence-corrected chi connectivity index (χ0v) is 11.9. The summed E-state index contributed by atoms with van der Waals surface area (Å²) in [7, 11) is 0. The Labute approximate surface area is 117 Å². The molecule has 2 rings (SSSR count). The van der Waals surface area contributed by atoms with E-state index < -0.39 is 0 Å². The molecule has 0 saturated heterocycles. The highest BCUT2D eigenvalue weighted by molar-refractivity contribution is 7.99. The second-order valence-electron chi connectivity index (χ2n) is 5.05. The van der Waals surface area contributed by atoms with Gasteiger partial charge >= 0.3 is 0 Å². The van der Waals surface area contributed by atoms with Crippen LogP contribution in [0.3, 0.4) is 0 Å². The summed E-state index contributed by atoms with van der Waals surface area (Å²) in [6, 6.07) is 1.50. The maximum atomic E-state index is 11.6. The monoisotopic (exact) mass is 283 g/mol. The number of aryl methyl sites for hydroxylation is 1. The molecular formula is C13H21N3O2S. The van der Waals surface area contributed by atoms with Crippen LogP contribution in [0.25, 0.3) is 0 Å². The van der Waals surface area contributed by atoms with Crippen molar-refractivity contribution in [2.75, 3.05) is 6.61 Å². The number of nitrogens with two attached hydrogens (primary N) is 1. The van der Waals surface area contributed by atoms with Gasteiger partial charge in [-0.3, -0.25) is 4.79 Å². The van der Waals surface area contributed by atoms with E-state index in [2.05, 4.69) is 16.9 Å². The van der Waals surface area contributed by atoms with Gasteiger partial charge in [0.2, 0.25) is 0 Å². The Bertz CT molecular complexity index is 473. The number of hydrogen-bond donors (Lipinski definition) is 3. The van der Waals surface area contributed by atoms with Gasteiger partial charge in [-0.05, 0) is 25.2 Å². The number of aliphatic hydroxyl groups excluding tert-OH is 1. The van der Waals surface area contributed by atoms with Crippen LogP contribution in [0.5, 0.6) is 0 Å². The molecule has 2 unspecified atom stereocenters. The van der Waals surface area contributed by atoms with Gasteiger partial charge in [0.05, 0.1) is 11.9 Å². The normalized spacial score (nSPS) is 18.3. The first-order valence-electron chi connectivity index (χ1n) is 6.77. The predicted octanol–water partition coefficient (Wildman–Crippen LogP) is 0.913. The van der Waals surface area contributed by atoms with E-state index in [-0.39, 0.29) is 23.5 Å². The van der Waals surface area contributed by atoms with E-state index in [4.69, 9.17) is 5.73 Å². The van der Waals surface area contributed by atoms with E-state index in [1.54, 1.807) is 0 Å². The summed E-state index contributed by atoms with van der Waals surface area (Å²) in [5.74, 6) is 0.509. The molecule has 1 heterocycles. The van der Waals surface area contributed by atoms with Crippen molar-refractivity contribution in [3.63, 3.8) is 0 Å². The van der Waals surface area contributed by atoms with Crippen LogP contribution in [0.1, 0.15) is 31.9 Å². The van der Waals surface area contributed by atoms with Crippen molar-refractivity contribution in [2.24, 2.45) is 11.7 Å². The molecule has 1 fully saturated rings. The van der Waals surface area contributed by atoms with E-state index in [0.29, 0.717) is 11.1 Å². The molecule has 5 nitrogen and oxygen atoms in total. The Hall–Kier alpha value is -0.850. The zero-order valence-electron chi connectivity index (χ0n) is 11.1. The van der Waals surface area contributed by atoms with Crippen LogP contribution in [0.2, 0.25) is 0 Å². The molecule has 1 aromatic rings. The van der Waals surface area contributed by atoms with Gasteiger partial charge in [0, 0.05) is 17.8 Å². The molecule has 0 spiro atoms. The molecule has 4 N–H and O–H groups in total. The minimum atomic E-state index is -0.141. The Balaban J connectivity index is 2.09. The highest BCUT2D eigenvalue weighted by atomic mass is 32.2. The number of aliphatic hydroxyl groups is 1. The lowest BCUT2D eigenvalue weighted by Crippen LogP contribution is -2.37.